The predicted molar refractivity (Wildman–Crippen MR) is 96.0 cm³/mol. The van der Waals surface area contributed by atoms with Crippen LogP contribution in [0.1, 0.15) is 12.5 Å². The smallest absolute Gasteiger partial charge is 0.308 e. The van der Waals surface area contributed by atoms with Crippen LogP contribution in [0.3, 0.4) is 0 Å². The summed E-state index contributed by atoms with van der Waals surface area (Å²) in [4.78, 5) is 12.1. The summed E-state index contributed by atoms with van der Waals surface area (Å²) in [7, 11) is -3.30. The molecule has 1 aliphatic heterocycles. The molecule has 0 spiro atoms. The highest BCUT2D eigenvalue weighted by atomic mass is 32.2. The third-order valence-electron chi connectivity index (χ3n) is 3.93. The van der Waals surface area contributed by atoms with Gasteiger partial charge in [-0.25, -0.2) is 13.2 Å². The number of anilines is 3. The van der Waals surface area contributed by atoms with Crippen molar-refractivity contribution in [2.75, 3.05) is 27.2 Å². The Kier molecular flexibility index (Phi) is 4.44. The minimum absolute atomic E-state index is 0.0542. The maximum atomic E-state index is 12.2. The van der Waals surface area contributed by atoms with Gasteiger partial charge < -0.3 is 10.6 Å². The van der Waals surface area contributed by atoms with Crippen LogP contribution in [-0.2, 0) is 16.4 Å². The normalized spacial score (nSPS) is 13.5. The van der Waals surface area contributed by atoms with Gasteiger partial charge in [-0.3, -0.25) is 4.31 Å². The molecule has 126 valence electrons. The molecule has 2 amide bonds. The number of hydrogen-bond acceptors (Lipinski definition) is 3. The van der Waals surface area contributed by atoms with Crippen LogP contribution in [-0.4, -0.2) is 26.7 Å². The first-order valence-electron chi connectivity index (χ1n) is 7.76. The average molecular weight is 345 g/mol. The van der Waals surface area contributed by atoms with Gasteiger partial charge in [0, 0.05) is 17.9 Å². The summed E-state index contributed by atoms with van der Waals surface area (Å²) in [5.74, 6) is 0.0542. The minimum Gasteiger partial charge on any atom is -0.308 e. The average Bonchev–Trinajstić information content (AvgIpc) is 2.99. The Hall–Kier alpha value is -2.54. The van der Waals surface area contributed by atoms with Crippen LogP contribution in [0.4, 0.5) is 21.9 Å². The summed E-state index contributed by atoms with van der Waals surface area (Å²) in [6.07, 6.45) is 0.686. The summed E-state index contributed by atoms with van der Waals surface area (Å²) in [5, 5.41) is 5.47. The van der Waals surface area contributed by atoms with Gasteiger partial charge in [-0.05, 0) is 43.2 Å². The highest BCUT2D eigenvalue weighted by Crippen LogP contribution is 2.33. The molecule has 2 aromatic rings. The van der Waals surface area contributed by atoms with Gasteiger partial charge >= 0.3 is 6.03 Å². The van der Waals surface area contributed by atoms with E-state index in [4.69, 9.17) is 0 Å². The van der Waals surface area contributed by atoms with E-state index >= 15 is 0 Å². The number of nitrogens with one attached hydrogen (secondary N) is 2. The molecule has 0 unspecified atom stereocenters. The zero-order valence-electron chi connectivity index (χ0n) is 13.3. The van der Waals surface area contributed by atoms with Crippen LogP contribution in [0.15, 0.2) is 48.5 Å². The van der Waals surface area contributed by atoms with E-state index in [2.05, 4.69) is 10.6 Å². The first-order valence-corrected chi connectivity index (χ1v) is 9.37. The van der Waals surface area contributed by atoms with Crippen LogP contribution < -0.4 is 14.9 Å². The lowest BCUT2D eigenvalue weighted by atomic mass is 10.1. The monoisotopic (exact) mass is 345 g/mol. The van der Waals surface area contributed by atoms with E-state index < -0.39 is 10.0 Å². The Morgan fingerprint density at radius 1 is 1.08 bits per heavy atom. The number of urea groups is 1. The van der Waals surface area contributed by atoms with E-state index in [1.54, 1.807) is 31.2 Å². The Morgan fingerprint density at radius 2 is 1.79 bits per heavy atom. The SMILES string of the molecule is CCS(=O)(=O)N1CCc2ccc(NC(=O)Nc3ccccc3)cc21. The quantitative estimate of drug-likeness (QED) is 0.894. The molecular formula is C17H19N3O3S. The maximum absolute atomic E-state index is 12.2. The van der Waals surface area contributed by atoms with Gasteiger partial charge in [-0.2, -0.15) is 0 Å². The number of rotatable bonds is 4. The third-order valence-corrected chi connectivity index (χ3v) is 5.71. The fourth-order valence-electron chi connectivity index (χ4n) is 2.69. The lowest BCUT2D eigenvalue weighted by Gasteiger charge is -2.19. The number of hydrogen-bond donors (Lipinski definition) is 2. The number of amides is 2. The zero-order chi connectivity index (χ0) is 17.2. The van der Waals surface area contributed by atoms with Crippen LogP contribution in [0, 0.1) is 0 Å². The van der Waals surface area contributed by atoms with E-state index in [1.165, 1.54) is 4.31 Å². The van der Waals surface area contributed by atoms with Crippen molar-refractivity contribution in [3.8, 4) is 0 Å². The number of nitrogens with zero attached hydrogens (tertiary/aromatic N) is 1. The second-order valence-corrected chi connectivity index (χ2v) is 7.69. The number of benzene rings is 2. The molecule has 0 fully saturated rings. The number of carbonyl (C=O) groups is 1. The molecule has 0 saturated carbocycles. The van der Waals surface area contributed by atoms with Crippen molar-refractivity contribution in [3.05, 3.63) is 54.1 Å². The van der Waals surface area contributed by atoms with E-state index in [0.717, 1.165) is 5.56 Å². The van der Waals surface area contributed by atoms with Crippen molar-refractivity contribution in [3.63, 3.8) is 0 Å². The van der Waals surface area contributed by atoms with Crippen molar-refractivity contribution in [1.82, 2.24) is 0 Å². The molecule has 7 heteroatoms. The molecule has 0 atom stereocenters. The Balaban J connectivity index is 1.77. The number of para-hydroxylation sites is 1. The molecule has 1 heterocycles. The highest BCUT2D eigenvalue weighted by molar-refractivity contribution is 7.92. The molecule has 2 N–H and O–H groups in total. The van der Waals surface area contributed by atoms with E-state index in [-0.39, 0.29) is 11.8 Å². The van der Waals surface area contributed by atoms with Crippen molar-refractivity contribution >= 4 is 33.1 Å². The second-order valence-electron chi connectivity index (χ2n) is 5.51. The van der Waals surface area contributed by atoms with E-state index in [0.29, 0.717) is 30.0 Å². The lowest BCUT2D eigenvalue weighted by Crippen LogP contribution is -2.30. The third kappa shape index (κ3) is 3.35. The number of sulfonamides is 1. The molecule has 0 saturated heterocycles. The minimum atomic E-state index is -3.30. The van der Waals surface area contributed by atoms with Crippen molar-refractivity contribution in [2.45, 2.75) is 13.3 Å². The van der Waals surface area contributed by atoms with Crippen molar-refractivity contribution in [2.24, 2.45) is 0 Å². The van der Waals surface area contributed by atoms with Crippen LogP contribution in [0.25, 0.3) is 0 Å². The first kappa shape index (κ1) is 16.3. The first-order chi connectivity index (χ1) is 11.5. The van der Waals surface area contributed by atoms with Crippen LogP contribution >= 0.6 is 0 Å². The molecule has 1 aliphatic rings. The standard InChI is InChI=1S/C17H19N3O3S/c1-2-24(22,23)20-11-10-13-8-9-15(12-16(13)20)19-17(21)18-14-6-4-3-5-7-14/h3-9,12H,2,10-11H2,1H3,(H2,18,19,21). The summed E-state index contributed by atoms with van der Waals surface area (Å²) in [6.45, 7) is 2.08. The van der Waals surface area contributed by atoms with E-state index in [1.807, 2.05) is 24.3 Å². The molecule has 0 aliphatic carbocycles. The van der Waals surface area contributed by atoms with Gasteiger partial charge in [-0.1, -0.05) is 24.3 Å². The second kappa shape index (κ2) is 6.52. The van der Waals surface area contributed by atoms with Gasteiger partial charge in [0.05, 0.1) is 11.4 Å². The molecule has 0 aromatic heterocycles. The molecule has 3 rings (SSSR count). The lowest BCUT2D eigenvalue weighted by molar-refractivity contribution is 0.262. The molecule has 0 bridgehead atoms. The molecule has 24 heavy (non-hydrogen) atoms. The summed E-state index contributed by atoms with van der Waals surface area (Å²) in [6, 6.07) is 14.1. The van der Waals surface area contributed by atoms with Crippen molar-refractivity contribution < 1.29 is 13.2 Å². The fourth-order valence-corrected chi connectivity index (χ4v) is 3.84. The zero-order valence-corrected chi connectivity index (χ0v) is 14.1. The Bertz CT molecular complexity index is 851. The largest absolute Gasteiger partial charge is 0.323 e. The summed E-state index contributed by atoms with van der Waals surface area (Å²) >= 11 is 0. The van der Waals surface area contributed by atoms with Gasteiger partial charge in [0.25, 0.3) is 0 Å². The topological polar surface area (TPSA) is 78.5 Å². The highest BCUT2D eigenvalue weighted by Gasteiger charge is 2.28. The number of fused-ring (bicyclic) bond motifs is 1. The summed E-state index contributed by atoms with van der Waals surface area (Å²) < 4.78 is 25.7. The number of carbonyl (C=O) groups excluding carboxylic acids is 1. The molecule has 6 nitrogen and oxygen atoms in total. The molecule has 2 aromatic carbocycles. The molecular weight excluding hydrogens is 326 g/mol. The van der Waals surface area contributed by atoms with Crippen LogP contribution in [0.5, 0.6) is 0 Å². The van der Waals surface area contributed by atoms with Crippen molar-refractivity contribution in [1.29, 1.82) is 0 Å². The molecule has 0 radical (unpaired) electrons. The fraction of sp³-hybridized carbons (Fsp3) is 0.235. The predicted octanol–water partition coefficient (Wildman–Crippen LogP) is 3.04. The van der Waals surface area contributed by atoms with Gasteiger partial charge in [-0.15, -0.1) is 0 Å². The van der Waals surface area contributed by atoms with Crippen LogP contribution in [0.2, 0.25) is 0 Å². The maximum Gasteiger partial charge on any atom is 0.323 e. The Labute approximate surface area is 141 Å². The van der Waals surface area contributed by atoms with Gasteiger partial charge in [0.1, 0.15) is 0 Å². The Morgan fingerprint density at radius 3 is 2.50 bits per heavy atom. The van der Waals surface area contributed by atoms with E-state index in [9.17, 15) is 13.2 Å². The summed E-state index contributed by atoms with van der Waals surface area (Å²) in [5.41, 5.74) is 2.86. The van der Waals surface area contributed by atoms with Gasteiger partial charge in [0.15, 0.2) is 0 Å². The van der Waals surface area contributed by atoms with Gasteiger partial charge in [0.2, 0.25) is 10.0 Å².